The van der Waals surface area contributed by atoms with Crippen LogP contribution in [0.5, 0.6) is 5.88 Å². The number of pyridine rings is 1. The molecule has 1 saturated carbocycles. The van der Waals surface area contributed by atoms with Crippen LogP contribution in [0.2, 0.25) is 0 Å². The summed E-state index contributed by atoms with van der Waals surface area (Å²) in [6.07, 6.45) is 6.19. The second-order valence-electron chi connectivity index (χ2n) is 6.76. The Hall–Kier alpha value is -1.62. The van der Waals surface area contributed by atoms with Gasteiger partial charge in [-0.3, -0.25) is 4.79 Å². The van der Waals surface area contributed by atoms with E-state index in [9.17, 15) is 4.79 Å². The molecule has 5 heteroatoms. The maximum absolute atomic E-state index is 12.9. The lowest BCUT2D eigenvalue weighted by atomic mass is 9.78. The minimum atomic E-state index is -0.702. The summed E-state index contributed by atoms with van der Waals surface area (Å²) in [5, 5.41) is 2.99. The highest BCUT2D eigenvalue weighted by Crippen LogP contribution is 2.36. The number of carbonyl (C=O) groups excluding carboxylic acids is 1. The fourth-order valence-electron chi connectivity index (χ4n) is 3.17. The van der Waals surface area contributed by atoms with Crippen molar-refractivity contribution in [3.63, 3.8) is 0 Å². The average molecular weight is 334 g/mol. The van der Waals surface area contributed by atoms with Crippen LogP contribution >= 0.6 is 0 Å². The van der Waals surface area contributed by atoms with E-state index < -0.39 is 5.60 Å². The van der Waals surface area contributed by atoms with Crippen molar-refractivity contribution in [2.45, 2.75) is 65.4 Å². The summed E-state index contributed by atoms with van der Waals surface area (Å²) in [6, 6.07) is 1.90. The first-order chi connectivity index (χ1) is 11.5. The molecule has 1 aliphatic carbocycles. The molecule has 1 amide bonds. The van der Waals surface area contributed by atoms with Crippen molar-refractivity contribution in [3.05, 3.63) is 17.8 Å². The normalized spacial score (nSPS) is 23.8. The Morgan fingerprint density at radius 1 is 1.38 bits per heavy atom. The number of hydrogen-bond acceptors (Lipinski definition) is 4. The predicted molar refractivity (Wildman–Crippen MR) is 95.4 cm³/mol. The van der Waals surface area contributed by atoms with Gasteiger partial charge in [0.05, 0.1) is 18.5 Å². The molecule has 0 spiro atoms. The van der Waals surface area contributed by atoms with Crippen molar-refractivity contribution in [3.8, 4) is 5.88 Å². The highest BCUT2D eigenvalue weighted by atomic mass is 16.5. The highest BCUT2D eigenvalue weighted by molar-refractivity contribution is 5.97. The molecule has 134 valence electrons. The van der Waals surface area contributed by atoms with Crippen molar-refractivity contribution >= 4 is 11.6 Å². The Labute approximate surface area is 145 Å². The number of rotatable bonds is 7. The van der Waals surface area contributed by atoms with Gasteiger partial charge in [-0.15, -0.1) is 0 Å². The standard InChI is InChI=1S/C19H30N2O3/c1-5-11-23-17-15(4)12-16(13-20-17)21-18(22)19(24-6-2)9-7-14(3)8-10-19/h12-14H,5-11H2,1-4H3,(H,21,22). The fourth-order valence-corrected chi connectivity index (χ4v) is 3.17. The minimum Gasteiger partial charge on any atom is -0.477 e. The second-order valence-corrected chi connectivity index (χ2v) is 6.76. The van der Waals surface area contributed by atoms with Crippen molar-refractivity contribution in [1.29, 1.82) is 0 Å². The Kier molecular flexibility index (Phi) is 6.60. The van der Waals surface area contributed by atoms with E-state index >= 15 is 0 Å². The van der Waals surface area contributed by atoms with Gasteiger partial charge in [0.15, 0.2) is 0 Å². The van der Waals surface area contributed by atoms with Gasteiger partial charge in [-0.05, 0) is 57.9 Å². The maximum atomic E-state index is 12.9. The summed E-state index contributed by atoms with van der Waals surface area (Å²) < 4.78 is 11.5. The molecule has 0 radical (unpaired) electrons. The Bertz CT molecular complexity index is 552. The van der Waals surface area contributed by atoms with Gasteiger partial charge < -0.3 is 14.8 Å². The van der Waals surface area contributed by atoms with Crippen molar-refractivity contribution in [2.75, 3.05) is 18.5 Å². The molecule has 1 heterocycles. The van der Waals surface area contributed by atoms with E-state index in [-0.39, 0.29) is 5.91 Å². The van der Waals surface area contributed by atoms with E-state index in [4.69, 9.17) is 9.47 Å². The first kappa shape index (κ1) is 18.7. The zero-order chi connectivity index (χ0) is 17.6. The minimum absolute atomic E-state index is 0.0559. The number of nitrogens with one attached hydrogen (secondary N) is 1. The monoisotopic (exact) mass is 334 g/mol. The second kappa shape index (κ2) is 8.47. The van der Waals surface area contributed by atoms with Crippen LogP contribution < -0.4 is 10.1 Å². The van der Waals surface area contributed by atoms with Crippen molar-refractivity contribution in [1.82, 2.24) is 4.98 Å². The van der Waals surface area contributed by atoms with E-state index in [1.807, 2.05) is 19.9 Å². The van der Waals surface area contributed by atoms with Gasteiger partial charge in [-0.2, -0.15) is 0 Å². The van der Waals surface area contributed by atoms with Gasteiger partial charge in [0.2, 0.25) is 5.88 Å². The molecule has 0 unspecified atom stereocenters. The van der Waals surface area contributed by atoms with Crippen LogP contribution in [-0.4, -0.2) is 29.7 Å². The maximum Gasteiger partial charge on any atom is 0.256 e. The summed E-state index contributed by atoms with van der Waals surface area (Å²) >= 11 is 0. The van der Waals surface area contributed by atoms with Crippen LogP contribution in [0.25, 0.3) is 0 Å². The quantitative estimate of drug-likeness (QED) is 0.815. The number of nitrogens with zero attached hydrogens (tertiary/aromatic N) is 1. The van der Waals surface area contributed by atoms with Crippen LogP contribution in [0.4, 0.5) is 5.69 Å². The summed E-state index contributed by atoms with van der Waals surface area (Å²) in [4.78, 5) is 17.2. The zero-order valence-corrected chi connectivity index (χ0v) is 15.4. The van der Waals surface area contributed by atoms with Crippen LogP contribution in [0.3, 0.4) is 0 Å². The molecular weight excluding hydrogens is 304 g/mol. The highest BCUT2D eigenvalue weighted by Gasteiger charge is 2.41. The number of aryl methyl sites for hydroxylation is 1. The summed E-state index contributed by atoms with van der Waals surface area (Å²) in [5.74, 6) is 1.23. The molecule has 1 aromatic rings. The number of carbonyl (C=O) groups is 1. The molecule has 0 saturated heterocycles. The van der Waals surface area contributed by atoms with Gasteiger partial charge in [0, 0.05) is 12.2 Å². The lowest BCUT2D eigenvalue weighted by Gasteiger charge is -2.37. The predicted octanol–water partition coefficient (Wildman–Crippen LogP) is 4.10. The lowest BCUT2D eigenvalue weighted by Crippen LogP contribution is -2.48. The largest absolute Gasteiger partial charge is 0.477 e. The first-order valence-corrected chi connectivity index (χ1v) is 9.05. The van der Waals surface area contributed by atoms with Gasteiger partial charge in [-0.1, -0.05) is 13.8 Å². The van der Waals surface area contributed by atoms with E-state index in [0.29, 0.717) is 30.7 Å². The number of anilines is 1. The smallest absolute Gasteiger partial charge is 0.256 e. The van der Waals surface area contributed by atoms with Crippen LogP contribution in [0.15, 0.2) is 12.3 Å². The average Bonchev–Trinajstić information content (AvgIpc) is 2.56. The van der Waals surface area contributed by atoms with Gasteiger partial charge in [0.1, 0.15) is 5.60 Å². The molecule has 24 heavy (non-hydrogen) atoms. The molecule has 1 aliphatic rings. The molecule has 2 rings (SSSR count). The molecule has 0 atom stereocenters. The zero-order valence-electron chi connectivity index (χ0n) is 15.4. The SMILES string of the molecule is CCCOc1ncc(NC(=O)C2(OCC)CCC(C)CC2)cc1C. The number of ether oxygens (including phenoxy) is 2. The number of amides is 1. The van der Waals surface area contributed by atoms with E-state index in [1.165, 1.54) is 0 Å². The lowest BCUT2D eigenvalue weighted by molar-refractivity contribution is -0.146. The molecule has 0 bridgehead atoms. The van der Waals surface area contributed by atoms with Crippen LogP contribution in [0, 0.1) is 12.8 Å². The molecular formula is C19H30N2O3. The van der Waals surface area contributed by atoms with E-state index in [0.717, 1.165) is 37.7 Å². The molecule has 0 aromatic carbocycles. The van der Waals surface area contributed by atoms with Crippen molar-refractivity contribution < 1.29 is 14.3 Å². The third kappa shape index (κ3) is 4.47. The van der Waals surface area contributed by atoms with E-state index in [1.54, 1.807) is 6.20 Å². The van der Waals surface area contributed by atoms with Gasteiger partial charge >= 0.3 is 0 Å². The number of aromatic nitrogens is 1. The first-order valence-electron chi connectivity index (χ1n) is 9.05. The molecule has 5 nitrogen and oxygen atoms in total. The summed E-state index contributed by atoms with van der Waals surface area (Å²) in [7, 11) is 0. The topological polar surface area (TPSA) is 60.5 Å². The molecule has 1 fully saturated rings. The van der Waals surface area contributed by atoms with Gasteiger partial charge in [0.25, 0.3) is 5.91 Å². The Balaban J connectivity index is 2.08. The van der Waals surface area contributed by atoms with Crippen LogP contribution in [-0.2, 0) is 9.53 Å². The molecule has 1 N–H and O–H groups in total. The Morgan fingerprint density at radius 2 is 2.08 bits per heavy atom. The Morgan fingerprint density at radius 3 is 2.67 bits per heavy atom. The summed E-state index contributed by atoms with van der Waals surface area (Å²) in [6.45, 7) is 9.36. The fraction of sp³-hybridized carbons (Fsp3) is 0.684. The van der Waals surface area contributed by atoms with Crippen LogP contribution in [0.1, 0.15) is 58.4 Å². The van der Waals surface area contributed by atoms with E-state index in [2.05, 4.69) is 24.1 Å². The molecule has 1 aromatic heterocycles. The third-order valence-corrected chi connectivity index (χ3v) is 4.65. The summed E-state index contributed by atoms with van der Waals surface area (Å²) in [5.41, 5.74) is 0.912. The van der Waals surface area contributed by atoms with Crippen molar-refractivity contribution in [2.24, 2.45) is 5.92 Å². The number of hydrogen-bond donors (Lipinski definition) is 1. The third-order valence-electron chi connectivity index (χ3n) is 4.65. The molecule has 0 aliphatic heterocycles. The van der Waals surface area contributed by atoms with Gasteiger partial charge in [-0.25, -0.2) is 4.98 Å².